The summed E-state index contributed by atoms with van der Waals surface area (Å²) in [5.41, 5.74) is 2.04. The van der Waals surface area contributed by atoms with Crippen LogP contribution < -0.4 is 10.6 Å². The number of benzene rings is 1. The first-order valence-corrected chi connectivity index (χ1v) is 7.63. The minimum absolute atomic E-state index is 0.0172. The van der Waals surface area contributed by atoms with Crippen LogP contribution in [0.25, 0.3) is 0 Å². The number of rotatable bonds is 5. The highest BCUT2D eigenvalue weighted by atomic mass is 32.2. The molecule has 1 aromatic carbocycles. The Morgan fingerprint density at radius 2 is 2.30 bits per heavy atom. The summed E-state index contributed by atoms with van der Waals surface area (Å²) in [4.78, 5) is 23.7. The predicted molar refractivity (Wildman–Crippen MR) is 82.8 cm³/mol. The molecule has 20 heavy (non-hydrogen) atoms. The second kappa shape index (κ2) is 7.14. The molecule has 0 bridgehead atoms. The van der Waals surface area contributed by atoms with E-state index in [9.17, 15) is 9.59 Å². The molecule has 5 heteroatoms. The van der Waals surface area contributed by atoms with Crippen LogP contribution >= 0.6 is 11.8 Å². The van der Waals surface area contributed by atoms with Crippen LogP contribution in [-0.2, 0) is 16.0 Å². The van der Waals surface area contributed by atoms with Crippen molar-refractivity contribution in [1.82, 2.24) is 5.32 Å². The Bertz CT molecular complexity index is 516. The summed E-state index contributed by atoms with van der Waals surface area (Å²) in [5.74, 6) is 0.211. The fourth-order valence-electron chi connectivity index (χ4n) is 2.06. The fourth-order valence-corrected chi connectivity index (χ4v) is 3.01. The Balaban J connectivity index is 1.90. The van der Waals surface area contributed by atoms with Crippen LogP contribution in [-0.4, -0.2) is 29.4 Å². The molecule has 2 N–H and O–H groups in total. The zero-order valence-electron chi connectivity index (χ0n) is 11.2. The number of aryl methyl sites for hydroxylation is 1. The van der Waals surface area contributed by atoms with Crippen molar-refractivity contribution < 1.29 is 9.59 Å². The summed E-state index contributed by atoms with van der Waals surface area (Å²) in [5, 5.41) is 5.46. The third-order valence-electron chi connectivity index (χ3n) is 3.10. The molecule has 1 heterocycles. The lowest BCUT2D eigenvalue weighted by molar-refractivity contribution is -0.118. The van der Waals surface area contributed by atoms with Gasteiger partial charge in [0.15, 0.2) is 0 Å². The summed E-state index contributed by atoms with van der Waals surface area (Å²) in [7, 11) is 0. The van der Waals surface area contributed by atoms with Crippen LogP contribution in [0.4, 0.5) is 5.69 Å². The predicted octanol–water partition coefficient (Wildman–Crippen LogP) is 1.98. The highest BCUT2D eigenvalue weighted by Gasteiger charge is 2.24. The summed E-state index contributed by atoms with van der Waals surface area (Å²) < 4.78 is 0. The van der Waals surface area contributed by atoms with Crippen LogP contribution in [0.3, 0.4) is 0 Å². The summed E-state index contributed by atoms with van der Waals surface area (Å²) >= 11 is 1.39. The topological polar surface area (TPSA) is 58.2 Å². The van der Waals surface area contributed by atoms with Crippen LogP contribution in [0, 0.1) is 0 Å². The molecule has 2 amide bonds. The fraction of sp³-hybridized carbons (Fsp3) is 0.333. The van der Waals surface area contributed by atoms with Gasteiger partial charge in [0.05, 0.1) is 11.0 Å². The lowest BCUT2D eigenvalue weighted by atomic mass is 10.1. The Morgan fingerprint density at radius 3 is 3.10 bits per heavy atom. The minimum Gasteiger partial charge on any atom is -0.352 e. The molecule has 2 rings (SSSR count). The van der Waals surface area contributed by atoms with Gasteiger partial charge in [-0.1, -0.05) is 24.3 Å². The van der Waals surface area contributed by atoms with Gasteiger partial charge in [-0.15, -0.1) is 18.3 Å². The molecule has 0 spiro atoms. The monoisotopic (exact) mass is 290 g/mol. The molecular formula is C15H18N2O2S. The number of nitrogens with one attached hydrogen (secondary N) is 2. The highest BCUT2D eigenvalue weighted by molar-refractivity contribution is 8.01. The molecule has 0 saturated heterocycles. The van der Waals surface area contributed by atoms with E-state index in [-0.39, 0.29) is 17.1 Å². The zero-order chi connectivity index (χ0) is 14.4. The van der Waals surface area contributed by atoms with E-state index in [1.807, 2.05) is 24.3 Å². The Kier molecular flexibility index (Phi) is 5.24. The Hall–Kier alpha value is -1.75. The van der Waals surface area contributed by atoms with E-state index in [4.69, 9.17) is 0 Å². The lowest BCUT2D eigenvalue weighted by Crippen LogP contribution is -2.29. The van der Waals surface area contributed by atoms with Gasteiger partial charge in [-0.25, -0.2) is 0 Å². The second-order valence-corrected chi connectivity index (χ2v) is 5.77. The van der Waals surface area contributed by atoms with Crippen molar-refractivity contribution in [2.24, 2.45) is 0 Å². The second-order valence-electron chi connectivity index (χ2n) is 4.58. The number of hydrogen-bond donors (Lipinski definition) is 2. The van der Waals surface area contributed by atoms with E-state index in [0.717, 1.165) is 24.1 Å². The van der Waals surface area contributed by atoms with Crippen molar-refractivity contribution in [1.29, 1.82) is 0 Å². The number of para-hydroxylation sites is 1. The molecule has 0 fully saturated rings. The minimum atomic E-state index is -0.183. The first kappa shape index (κ1) is 14.7. The highest BCUT2D eigenvalue weighted by Crippen LogP contribution is 2.26. The van der Waals surface area contributed by atoms with Crippen molar-refractivity contribution in [3.63, 3.8) is 0 Å². The standard InChI is InChI=1S/C15H18N2O2S/c1-2-9-16-14(18)10-20-13-8-7-11-5-3-4-6-12(11)17-15(13)19/h2-6,13H,1,7-10H2,(H,16,18)(H,17,19)/t13-/m0/s1. The van der Waals surface area contributed by atoms with Gasteiger partial charge in [-0.2, -0.15) is 0 Å². The van der Waals surface area contributed by atoms with Gasteiger partial charge in [-0.05, 0) is 24.5 Å². The first-order chi connectivity index (χ1) is 9.70. The molecule has 1 atom stereocenters. The molecule has 1 aliphatic heterocycles. The molecule has 0 saturated carbocycles. The van der Waals surface area contributed by atoms with E-state index in [2.05, 4.69) is 17.2 Å². The molecule has 0 unspecified atom stereocenters. The third-order valence-corrected chi connectivity index (χ3v) is 4.38. The maximum absolute atomic E-state index is 12.1. The number of carbonyl (C=O) groups is 2. The van der Waals surface area contributed by atoms with E-state index >= 15 is 0 Å². The SMILES string of the molecule is C=CCNC(=O)CS[C@H]1CCc2ccccc2NC1=O. The number of thioether (sulfide) groups is 1. The van der Waals surface area contributed by atoms with Gasteiger partial charge in [0.2, 0.25) is 11.8 Å². The average molecular weight is 290 g/mol. The number of carbonyl (C=O) groups excluding carboxylic acids is 2. The van der Waals surface area contributed by atoms with Crippen LogP contribution in [0.1, 0.15) is 12.0 Å². The van der Waals surface area contributed by atoms with E-state index in [0.29, 0.717) is 12.3 Å². The number of amides is 2. The largest absolute Gasteiger partial charge is 0.352 e. The van der Waals surface area contributed by atoms with E-state index in [1.165, 1.54) is 11.8 Å². The van der Waals surface area contributed by atoms with Gasteiger partial charge in [0, 0.05) is 12.2 Å². The molecule has 0 aromatic heterocycles. The van der Waals surface area contributed by atoms with Crippen molar-refractivity contribution in [2.45, 2.75) is 18.1 Å². The Morgan fingerprint density at radius 1 is 1.50 bits per heavy atom. The zero-order valence-corrected chi connectivity index (χ0v) is 12.0. The van der Waals surface area contributed by atoms with Crippen LogP contribution in [0.15, 0.2) is 36.9 Å². The Labute approximate surface area is 123 Å². The van der Waals surface area contributed by atoms with Gasteiger partial charge in [0.25, 0.3) is 0 Å². The van der Waals surface area contributed by atoms with Crippen molar-refractivity contribution in [3.8, 4) is 0 Å². The molecule has 0 aliphatic carbocycles. The lowest BCUT2D eigenvalue weighted by Gasteiger charge is -2.12. The summed E-state index contributed by atoms with van der Waals surface area (Å²) in [6.07, 6.45) is 3.24. The number of anilines is 1. The molecule has 106 valence electrons. The van der Waals surface area contributed by atoms with E-state index < -0.39 is 0 Å². The molecule has 1 aliphatic rings. The maximum Gasteiger partial charge on any atom is 0.237 e. The molecular weight excluding hydrogens is 272 g/mol. The molecule has 4 nitrogen and oxygen atoms in total. The van der Waals surface area contributed by atoms with Crippen LogP contribution in [0.2, 0.25) is 0 Å². The van der Waals surface area contributed by atoms with Crippen molar-refractivity contribution >= 4 is 29.3 Å². The smallest absolute Gasteiger partial charge is 0.237 e. The molecule has 1 aromatic rings. The van der Waals surface area contributed by atoms with Gasteiger partial charge in [0.1, 0.15) is 0 Å². The maximum atomic E-state index is 12.1. The molecule has 0 radical (unpaired) electrons. The van der Waals surface area contributed by atoms with Crippen LogP contribution in [0.5, 0.6) is 0 Å². The third kappa shape index (κ3) is 3.87. The van der Waals surface area contributed by atoms with Crippen molar-refractivity contribution in [2.75, 3.05) is 17.6 Å². The number of hydrogen-bond acceptors (Lipinski definition) is 3. The average Bonchev–Trinajstić information content (AvgIpc) is 2.61. The van der Waals surface area contributed by atoms with Gasteiger partial charge in [-0.3, -0.25) is 9.59 Å². The van der Waals surface area contributed by atoms with Gasteiger partial charge < -0.3 is 10.6 Å². The number of fused-ring (bicyclic) bond motifs is 1. The van der Waals surface area contributed by atoms with Crippen molar-refractivity contribution in [3.05, 3.63) is 42.5 Å². The van der Waals surface area contributed by atoms with E-state index in [1.54, 1.807) is 6.08 Å². The summed E-state index contributed by atoms with van der Waals surface area (Å²) in [6, 6.07) is 7.83. The normalized spacial score (nSPS) is 17.6. The van der Waals surface area contributed by atoms with Gasteiger partial charge >= 0.3 is 0 Å². The first-order valence-electron chi connectivity index (χ1n) is 6.58. The quantitative estimate of drug-likeness (QED) is 0.815. The summed E-state index contributed by atoms with van der Waals surface area (Å²) in [6.45, 7) is 4.00.